The van der Waals surface area contributed by atoms with Gasteiger partial charge in [-0.2, -0.15) is 0 Å². The molecule has 1 aliphatic carbocycles. The number of rotatable bonds is 2. The minimum atomic E-state index is -0.405. The molecule has 0 radical (unpaired) electrons. The average molecular weight is 232 g/mol. The molecule has 2 N–H and O–H groups in total. The van der Waals surface area contributed by atoms with Crippen molar-refractivity contribution < 1.29 is 4.79 Å². The summed E-state index contributed by atoms with van der Waals surface area (Å²) in [4.78, 5) is 13.7. The van der Waals surface area contributed by atoms with Crippen molar-refractivity contribution in [3.63, 3.8) is 0 Å². The van der Waals surface area contributed by atoms with Crippen LogP contribution in [0.4, 0.5) is 0 Å². The molecule has 0 saturated carbocycles. The zero-order chi connectivity index (χ0) is 12.4. The highest BCUT2D eigenvalue weighted by Gasteiger charge is 2.25. The number of benzene rings is 1. The summed E-state index contributed by atoms with van der Waals surface area (Å²) in [6.07, 6.45) is 3.04. The van der Waals surface area contributed by atoms with Gasteiger partial charge in [-0.05, 0) is 37.3 Å². The molecule has 0 fully saturated rings. The third-order valence-electron chi connectivity index (χ3n) is 3.61. The van der Waals surface area contributed by atoms with Crippen molar-refractivity contribution >= 4 is 5.91 Å². The average Bonchev–Trinajstić information content (AvgIpc) is 2.36. The largest absolute Gasteiger partial charge is 0.341 e. The lowest BCUT2D eigenvalue weighted by molar-refractivity contribution is -0.133. The second-order valence-corrected chi connectivity index (χ2v) is 4.90. The van der Waals surface area contributed by atoms with E-state index >= 15 is 0 Å². The molecule has 1 amide bonds. The smallest absolute Gasteiger partial charge is 0.239 e. The molecule has 0 saturated heterocycles. The number of amides is 1. The molecule has 0 heterocycles. The number of hydrogen-bond acceptors (Lipinski definition) is 2. The second kappa shape index (κ2) is 4.88. The van der Waals surface area contributed by atoms with Crippen LogP contribution >= 0.6 is 0 Å². The SMILES string of the molecule is C[C@@H](N)C(=O)N(C)C1CCc2ccccc2C1. The fourth-order valence-corrected chi connectivity index (χ4v) is 2.51. The first-order chi connectivity index (χ1) is 8.09. The summed E-state index contributed by atoms with van der Waals surface area (Å²) in [5.74, 6) is 0.0365. The van der Waals surface area contributed by atoms with E-state index in [9.17, 15) is 4.79 Å². The predicted molar refractivity (Wildman–Crippen MR) is 68.7 cm³/mol. The molecule has 0 bridgehead atoms. The van der Waals surface area contributed by atoms with E-state index in [-0.39, 0.29) is 5.91 Å². The van der Waals surface area contributed by atoms with E-state index < -0.39 is 6.04 Å². The molecular weight excluding hydrogens is 212 g/mol. The van der Waals surface area contributed by atoms with Gasteiger partial charge in [-0.15, -0.1) is 0 Å². The van der Waals surface area contributed by atoms with Crippen LogP contribution in [0.2, 0.25) is 0 Å². The Bertz CT molecular complexity index is 414. The highest BCUT2D eigenvalue weighted by molar-refractivity contribution is 5.81. The van der Waals surface area contributed by atoms with E-state index in [4.69, 9.17) is 5.73 Å². The molecule has 1 unspecified atom stereocenters. The van der Waals surface area contributed by atoms with Gasteiger partial charge in [0, 0.05) is 13.1 Å². The number of likely N-dealkylation sites (N-methyl/N-ethyl adjacent to an activating group) is 1. The number of carbonyl (C=O) groups is 1. The summed E-state index contributed by atoms with van der Waals surface area (Å²) in [6, 6.07) is 8.37. The Labute approximate surface area is 103 Å². The maximum Gasteiger partial charge on any atom is 0.239 e. The third kappa shape index (κ3) is 2.50. The molecule has 1 aromatic carbocycles. The fraction of sp³-hybridized carbons (Fsp3) is 0.500. The van der Waals surface area contributed by atoms with Gasteiger partial charge < -0.3 is 10.6 Å². The summed E-state index contributed by atoms with van der Waals surface area (Å²) in [5.41, 5.74) is 8.44. The molecular formula is C14H20N2O. The third-order valence-corrected chi connectivity index (χ3v) is 3.61. The Kier molecular flexibility index (Phi) is 3.48. The summed E-state index contributed by atoms with van der Waals surface area (Å²) in [5, 5.41) is 0. The van der Waals surface area contributed by atoms with Gasteiger partial charge in [0.25, 0.3) is 0 Å². The predicted octanol–water partition coefficient (Wildman–Crippen LogP) is 1.35. The van der Waals surface area contributed by atoms with Crippen LogP contribution in [-0.2, 0) is 17.6 Å². The molecule has 3 nitrogen and oxygen atoms in total. The molecule has 0 aliphatic heterocycles. The van der Waals surface area contributed by atoms with Gasteiger partial charge in [0.1, 0.15) is 0 Å². The second-order valence-electron chi connectivity index (χ2n) is 4.90. The van der Waals surface area contributed by atoms with Crippen LogP contribution in [0.5, 0.6) is 0 Å². The normalized spacial score (nSPS) is 20.5. The van der Waals surface area contributed by atoms with Gasteiger partial charge in [0.15, 0.2) is 0 Å². The van der Waals surface area contributed by atoms with E-state index in [0.717, 1.165) is 19.3 Å². The van der Waals surface area contributed by atoms with Crippen molar-refractivity contribution in [1.29, 1.82) is 0 Å². The first kappa shape index (κ1) is 12.1. The Balaban J connectivity index is 2.10. The minimum absolute atomic E-state index is 0.0365. The van der Waals surface area contributed by atoms with E-state index in [1.807, 2.05) is 11.9 Å². The van der Waals surface area contributed by atoms with Crippen LogP contribution in [0.1, 0.15) is 24.5 Å². The fourth-order valence-electron chi connectivity index (χ4n) is 2.51. The molecule has 2 rings (SSSR count). The Morgan fingerprint density at radius 2 is 2.06 bits per heavy atom. The van der Waals surface area contributed by atoms with Crippen molar-refractivity contribution in [3.05, 3.63) is 35.4 Å². The lowest BCUT2D eigenvalue weighted by Gasteiger charge is -2.33. The van der Waals surface area contributed by atoms with Gasteiger partial charge in [-0.1, -0.05) is 24.3 Å². The Morgan fingerprint density at radius 3 is 2.71 bits per heavy atom. The monoisotopic (exact) mass is 232 g/mol. The number of nitrogens with two attached hydrogens (primary N) is 1. The van der Waals surface area contributed by atoms with Crippen LogP contribution in [0.25, 0.3) is 0 Å². The maximum absolute atomic E-state index is 11.9. The lowest BCUT2D eigenvalue weighted by atomic mass is 9.87. The minimum Gasteiger partial charge on any atom is -0.341 e. The van der Waals surface area contributed by atoms with Crippen molar-refractivity contribution in [1.82, 2.24) is 4.90 Å². The number of carbonyl (C=O) groups excluding carboxylic acids is 1. The molecule has 1 aromatic rings. The van der Waals surface area contributed by atoms with Crippen molar-refractivity contribution in [2.75, 3.05) is 7.05 Å². The first-order valence-electron chi connectivity index (χ1n) is 6.18. The van der Waals surface area contributed by atoms with Gasteiger partial charge in [0.2, 0.25) is 5.91 Å². The summed E-state index contributed by atoms with van der Waals surface area (Å²) >= 11 is 0. The Morgan fingerprint density at radius 1 is 1.41 bits per heavy atom. The quantitative estimate of drug-likeness (QED) is 0.836. The van der Waals surface area contributed by atoms with Crippen molar-refractivity contribution in [2.45, 2.75) is 38.3 Å². The van der Waals surface area contributed by atoms with E-state index in [1.165, 1.54) is 11.1 Å². The first-order valence-corrected chi connectivity index (χ1v) is 6.18. The highest BCUT2D eigenvalue weighted by Crippen LogP contribution is 2.23. The van der Waals surface area contributed by atoms with Crippen LogP contribution < -0.4 is 5.73 Å². The molecule has 2 atom stereocenters. The summed E-state index contributed by atoms with van der Waals surface area (Å²) in [7, 11) is 1.87. The van der Waals surface area contributed by atoms with Crippen LogP contribution in [-0.4, -0.2) is 29.9 Å². The number of hydrogen-bond donors (Lipinski definition) is 1. The van der Waals surface area contributed by atoms with Crippen LogP contribution in [0, 0.1) is 0 Å². The van der Waals surface area contributed by atoms with Crippen LogP contribution in [0.3, 0.4) is 0 Å². The van der Waals surface area contributed by atoms with Crippen molar-refractivity contribution in [3.8, 4) is 0 Å². The number of nitrogens with zero attached hydrogens (tertiary/aromatic N) is 1. The van der Waals surface area contributed by atoms with Gasteiger partial charge >= 0.3 is 0 Å². The van der Waals surface area contributed by atoms with Gasteiger partial charge in [-0.25, -0.2) is 0 Å². The van der Waals surface area contributed by atoms with E-state index in [2.05, 4.69) is 24.3 Å². The van der Waals surface area contributed by atoms with Crippen molar-refractivity contribution in [2.24, 2.45) is 5.73 Å². The molecule has 0 aromatic heterocycles. The van der Waals surface area contributed by atoms with E-state index in [1.54, 1.807) is 6.92 Å². The van der Waals surface area contributed by atoms with E-state index in [0.29, 0.717) is 6.04 Å². The standard InChI is InChI=1S/C14H20N2O/c1-10(15)14(17)16(2)13-8-7-11-5-3-4-6-12(11)9-13/h3-6,10,13H,7-9,15H2,1-2H3/t10-,13?/m1/s1. The highest BCUT2D eigenvalue weighted by atomic mass is 16.2. The number of aryl methyl sites for hydroxylation is 1. The number of fused-ring (bicyclic) bond motifs is 1. The molecule has 1 aliphatic rings. The topological polar surface area (TPSA) is 46.3 Å². The zero-order valence-corrected chi connectivity index (χ0v) is 10.5. The molecule has 17 heavy (non-hydrogen) atoms. The van der Waals surface area contributed by atoms with Gasteiger partial charge in [-0.3, -0.25) is 4.79 Å². The summed E-state index contributed by atoms with van der Waals surface area (Å²) in [6.45, 7) is 1.75. The molecule has 92 valence electrons. The maximum atomic E-state index is 11.9. The summed E-state index contributed by atoms with van der Waals surface area (Å²) < 4.78 is 0. The lowest BCUT2D eigenvalue weighted by Crippen LogP contribution is -2.47. The molecule has 3 heteroatoms. The zero-order valence-electron chi connectivity index (χ0n) is 10.5. The molecule has 0 spiro atoms. The van der Waals surface area contributed by atoms with Crippen LogP contribution in [0.15, 0.2) is 24.3 Å². The Hall–Kier alpha value is -1.35. The van der Waals surface area contributed by atoms with Gasteiger partial charge in [0.05, 0.1) is 6.04 Å².